The van der Waals surface area contributed by atoms with E-state index < -0.39 is 0 Å². The van der Waals surface area contributed by atoms with Crippen molar-refractivity contribution in [1.29, 1.82) is 0 Å². The van der Waals surface area contributed by atoms with Crippen molar-refractivity contribution < 1.29 is 9.52 Å². The van der Waals surface area contributed by atoms with Crippen LogP contribution in [-0.2, 0) is 13.0 Å². The van der Waals surface area contributed by atoms with Gasteiger partial charge in [-0.3, -0.25) is 0 Å². The molecule has 0 aliphatic carbocycles. The van der Waals surface area contributed by atoms with Gasteiger partial charge >= 0.3 is 0 Å². The fraction of sp³-hybridized carbons (Fsp3) is 0.250. The van der Waals surface area contributed by atoms with E-state index in [-0.39, 0.29) is 6.61 Å². The first kappa shape index (κ1) is 9.93. The molecule has 1 aromatic heterocycles. The minimum absolute atomic E-state index is 0.0488. The SMILES string of the molecule is CCc1ocnc1-c1cccc(CO)c1. The summed E-state index contributed by atoms with van der Waals surface area (Å²) in [5.74, 6) is 0.880. The lowest BCUT2D eigenvalue weighted by Crippen LogP contribution is -1.87. The van der Waals surface area contributed by atoms with Crippen molar-refractivity contribution in [1.82, 2.24) is 4.98 Å². The van der Waals surface area contributed by atoms with Gasteiger partial charge in [0.2, 0.25) is 0 Å². The lowest BCUT2D eigenvalue weighted by atomic mass is 10.1. The van der Waals surface area contributed by atoms with Crippen molar-refractivity contribution in [2.24, 2.45) is 0 Å². The van der Waals surface area contributed by atoms with E-state index in [9.17, 15) is 0 Å². The lowest BCUT2D eigenvalue weighted by Gasteiger charge is -2.01. The molecule has 0 unspecified atom stereocenters. The third-order valence-electron chi connectivity index (χ3n) is 2.34. The molecular weight excluding hydrogens is 190 g/mol. The molecule has 0 aliphatic rings. The highest BCUT2D eigenvalue weighted by molar-refractivity contribution is 5.61. The van der Waals surface area contributed by atoms with Crippen molar-refractivity contribution in [3.8, 4) is 11.3 Å². The number of aromatic nitrogens is 1. The van der Waals surface area contributed by atoms with Crippen LogP contribution in [0.3, 0.4) is 0 Å². The highest BCUT2D eigenvalue weighted by atomic mass is 16.3. The second-order valence-electron chi connectivity index (χ2n) is 3.34. The third-order valence-corrected chi connectivity index (χ3v) is 2.34. The van der Waals surface area contributed by atoms with E-state index in [4.69, 9.17) is 9.52 Å². The van der Waals surface area contributed by atoms with Crippen LogP contribution in [0.2, 0.25) is 0 Å². The van der Waals surface area contributed by atoms with Crippen molar-refractivity contribution in [3.63, 3.8) is 0 Å². The maximum Gasteiger partial charge on any atom is 0.181 e. The normalized spacial score (nSPS) is 10.5. The molecular formula is C12H13NO2. The van der Waals surface area contributed by atoms with E-state index >= 15 is 0 Å². The highest BCUT2D eigenvalue weighted by Crippen LogP contribution is 2.23. The molecule has 0 spiro atoms. The molecule has 2 rings (SSSR count). The molecule has 0 amide bonds. The summed E-state index contributed by atoms with van der Waals surface area (Å²) in [6, 6.07) is 7.69. The van der Waals surface area contributed by atoms with Gasteiger partial charge < -0.3 is 9.52 Å². The van der Waals surface area contributed by atoms with Gasteiger partial charge in [-0.1, -0.05) is 25.1 Å². The molecule has 0 saturated carbocycles. The Morgan fingerprint density at radius 2 is 2.27 bits per heavy atom. The summed E-state index contributed by atoms with van der Waals surface area (Å²) in [5, 5.41) is 9.04. The number of rotatable bonds is 3. The zero-order valence-corrected chi connectivity index (χ0v) is 8.60. The Morgan fingerprint density at radius 3 is 3.00 bits per heavy atom. The average molecular weight is 203 g/mol. The van der Waals surface area contributed by atoms with Crippen LogP contribution in [0, 0.1) is 0 Å². The smallest absolute Gasteiger partial charge is 0.181 e. The first-order valence-electron chi connectivity index (χ1n) is 4.97. The van der Waals surface area contributed by atoms with Gasteiger partial charge in [-0.05, 0) is 11.6 Å². The van der Waals surface area contributed by atoms with Crippen LogP contribution in [0.1, 0.15) is 18.2 Å². The molecule has 0 radical (unpaired) electrons. The second-order valence-corrected chi connectivity index (χ2v) is 3.34. The number of hydrogen-bond donors (Lipinski definition) is 1. The summed E-state index contributed by atoms with van der Waals surface area (Å²) < 4.78 is 5.27. The predicted octanol–water partition coefficient (Wildman–Crippen LogP) is 2.40. The fourth-order valence-electron chi connectivity index (χ4n) is 1.57. The van der Waals surface area contributed by atoms with Crippen LogP contribution < -0.4 is 0 Å². The second kappa shape index (κ2) is 4.28. The fourth-order valence-corrected chi connectivity index (χ4v) is 1.57. The van der Waals surface area contributed by atoms with Crippen molar-refractivity contribution in [3.05, 3.63) is 42.0 Å². The minimum atomic E-state index is 0.0488. The van der Waals surface area contributed by atoms with E-state index in [0.29, 0.717) is 0 Å². The Bertz CT molecular complexity index is 448. The molecule has 0 bridgehead atoms. The van der Waals surface area contributed by atoms with Crippen molar-refractivity contribution in [2.75, 3.05) is 0 Å². The molecule has 0 aliphatic heterocycles. The van der Waals surface area contributed by atoms with Gasteiger partial charge in [0.25, 0.3) is 0 Å². The average Bonchev–Trinajstić information content (AvgIpc) is 2.77. The summed E-state index contributed by atoms with van der Waals surface area (Å²) in [4.78, 5) is 4.18. The molecule has 1 heterocycles. The molecule has 3 heteroatoms. The predicted molar refractivity (Wildman–Crippen MR) is 57.2 cm³/mol. The zero-order valence-electron chi connectivity index (χ0n) is 8.60. The van der Waals surface area contributed by atoms with E-state index in [2.05, 4.69) is 4.98 Å². The topological polar surface area (TPSA) is 46.3 Å². The van der Waals surface area contributed by atoms with Crippen LogP contribution in [0.4, 0.5) is 0 Å². The number of oxazole rings is 1. The molecule has 0 saturated heterocycles. The van der Waals surface area contributed by atoms with E-state index in [1.807, 2.05) is 31.2 Å². The summed E-state index contributed by atoms with van der Waals surface area (Å²) in [7, 11) is 0. The Labute approximate surface area is 88.4 Å². The summed E-state index contributed by atoms with van der Waals surface area (Å²) >= 11 is 0. The number of aliphatic hydroxyl groups excluding tert-OH is 1. The minimum Gasteiger partial charge on any atom is -0.448 e. The van der Waals surface area contributed by atoms with Crippen LogP contribution in [0.15, 0.2) is 35.1 Å². The Balaban J connectivity index is 2.44. The van der Waals surface area contributed by atoms with Gasteiger partial charge in [-0.2, -0.15) is 0 Å². The Morgan fingerprint density at radius 1 is 1.40 bits per heavy atom. The highest BCUT2D eigenvalue weighted by Gasteiger charge is 2.08. The van der Waals surface area contributed by atoms with Gasteiger partial charge in [-0.15, -0.1) is 0 Å². The number of nitrogens with zero attached hydrogens (tertiary/aromatic N) is 1. The van der Waals surface area contributed by atoms with Gasteiger partial charge in [-0.25, -0.2) is 4.98 Å². The van der Waals surface area contributed by atoms with E-state index in [1.54, 1.807) is 0 Å². The quantitative estimate of drug-likeness (QED) is 0.833. The third kappa shape index (κ3) is 1.92. The number of hydrogen-bond acceptors (Lipinski definition) is 3. The zero-order chi connectivity index (χ0) is 10.7. The molecule has 2 aromatic rings. The number of aryl methyl sites for hydroxylation is 1. The van der Waals surface area contributed by atoms with Crippen LogP contribution in [0.25, 0.3) is 11.3 Å². The van der Waals surface area contributed by atoms with Crippen molar-refractivity contribution >= 4 is 0 Å². The van der Waals surface area contributed by atoms with E-state index in [1.165, 1.54) is 6.39 Å². The molecule has 0 atom stereocenters. The molecule has 1 aromatic carbocycles. The van der Waals surface area contributed by atoms with Gasteiger partial charge in [0.15, 0.2) is 6.39 Å². The standard InChI is InChI=1S/C12H13NO2/c1-2-11-12(13-8-15-11)10-5-3-4-9(6-10)7-14/h3-6,8,14H,2,7H2,1H3. The maximum absolute atomic E-state index is 9.04. The Hall–Kier alpha value is -1.61. The molecule has 3 nitrogen and oxygen atoms in total. The molecule has 1 N–H and O–H groups in total. The van der Waals surface area contributed by atoms with Crippen LogP contribution in [0.5, 0.6) is 0 Å². The summed E-state index contributed by atoms with van der Waals surface area (Å²) in [6.45, 7) is 2.08. The van der Waals surface area contributed by atoms with Gasteiger partial charge in [0.05, 0.1) is 6.61 Å². The summed E-state index contributed by atoms with van der Waals surface area (Å²) in [5.41, 5.74) is 2.75. The van der Waals surface area contributed by atoms with Crippen LogP contribution in [-0.4, -0.2) is 10.1 Å². The monoisotopic (exact) mass is 203 g/mol. The van der Waals surface area contributed by atoms with Crippen molar-refractivity contribution in [2.45, 2.75) is 20.0 Å². The first-order valence-corrected chi connectivity index (χ1v) is 4.97. The maximum atomic E-state index is 9.04. The number of aliphatic hydroxyl groups is 1. The van der Waals surface area contributed by atoms with Gasteiger partial charge in [0.1, 0.15) is 11.5 Å². The lowest BCUT2D eigenvalue weighted by molar-refractivity contribution is 0.282. The number of benzene rings is 1. The largest absolute Gasteiger partial charge is 0.448 e. The van der Waals surface area contributed by atoms with Crippen LogP contribution >= 0.6 is 0 Å². The first-order chi connectivity index (χ1) is 7.35. The molecule has 0 fully saturated rings. The summed E-state index contributed by atoms with van der Waals surface area (Å²) in [6.07, 6.45) is 2.28. The molecule has 15 heavy (non-hydrogen) atoms. The van der Waals surface area contributed by atoms with E-state index in [0.717, 1.165) is 29.0 Å². The molecule has 78 valence electrons. The van der Waals surface area contributed by atoms with Gasteiger partial charge in [0, 0.05) is 12.0 Å². The Kier molecular flexibility index (Phi) is 2.83.